The van der Waals surface area contributed by atoms with Crippen LogP contribution in [0.15, 0.2) is 54.9 Å². The van der Waals surface area contributed by atoms with Crippen molar-refractivity contribution in [3.05, 3.63) is 66.0 Å². The van der Waals surface area contributed by atoms with Crippen LogP contribution in [-0.4, -0.2) is 30.9 Å². The van der Waals surface area contributed by atoms with Gasteiger partial charge in [0.15, 0.2) is 11.5 Å². The average Bonchev–Trinajstić information content (AvgIpc) is 3.11. The smallest absolute Gasteiger partial charge is 0.182 e. The SMILES string of the molecule is CC=CN1Cc2ccccc2C=C1C(C)Nc1ncnc2nc[nH]c12. The third-order valence-electron chi connectivity index (χ3n) is 4.38. The maximum atomic E-state index is 4.37. The van der Waals surface area contributed by atoms with Gasteiger partial charge in [0.1, 0.15) is 11.8 Å². The van der Waals surface area contributed by atoms with Gasteiger partial charge in [-0.3, -0.25) is 0 Å². The topological polar surface area (TPSA) is 69.7 Å². The number of nitrogens with zero attached hydrogens (tertiary/aromatic N) is 4. The summed E-state index contributed by atoms with van der Waals surface area (Å²) in [6.07, 6.45) is 9.59. The molecule has 4 rings (SSSR count). The molecule has 1 atom stereocenters. The molecule has 126 valence electrons. The van der Waals surface area contributed by atoms with E-state index < -0.39 is 0 Å². The van der Waals surface area contributed by atoms with Gasteiger partial charge in [0, 0.05) is 12.2 Å². The first-order valence-electron chi connectivity index (χ1n) is 8.36. The standard InChI is InChI=1S/C19H20N6/c1-3-8-25-10-15-7-5-4-6-14(15)9-16(25)13(2)24-19-17-18(21-11-20-17)22-12-23-19/h3-9,11-13H,10H2,1-2H3,(H2,20,21,22,23,24). The second-order valence-electron chi connectivity index (χ2n) is 6.07. The van der Waals surface area contributed by atoms with Gasteiger partial charge in [0.05, 0.1) is 12.4 Å². The molecule has 2 aromatic heterocycles. The molecule has 1 unspecified atom stereocenters. The van der Waals surface area contributed by atoms with Crippen molar-refractivity contribution < 1.29 is 0 Å². The Kier molecular flexibility index (Phi) is 3.93. The largest absolute Gasteiger partial charge is 0.360 e. The zero-order valence-corrected chi connectivity index (χ0v) is 14.3. The maximum absolute atomic E-state index is 4.37. The van der Waals surface area contributed by atoms with E-state index in [1.54, 1.807) is 6.33 Å². The van der Waals surface area contributed by atoms with Crippen molar-refractivity contribution in [3.63, 3.8) is 0 Å². The number of benzene rings is 1. The van der Waals surface area contributed by atoms with Crippen molar-refractivity contribution in [1.82, 2.24) is 24.8 Å². The lowest BCUT2D eigenvalue weighted by atomic mass is 9.99. The van der Waals surface area contributed by atoms with Crippen molar-refractivity contribution in [1.29, 1.82) is 0 Å². The van der Waals surface area contributed by atoms with Crippen molar-refractivity contribution in [2.75, 3.05) is 5.32 Å². The molecular formula is C19H20N6. The quantitative estimate of drug-likeness (QED) is 0.765. The molecule has 6 heteroatoms. The van der Waals surface area contributed by atoms with Crippen LogP contribution in [0.25, 0.3) is 17.2 Å². The van der Waals surface area contributed by atoms with Crippen LogP contribution in [0.4, 0.5) is 5.82 Å². The van der Waals surface area contributed by atoms with Crippen LogP contribution in [0.2, 0.25) is 0 Å². The molecule has 25 heavy (non-hydrogen) atoms. The van der Waals surface area contributed by atoms with Crippen LogP contribution >= 0.6 is 0 Å². The Hall–Kier alpha value is -3.15. The average molecular weight is 332 g/mol. The van der Waals surface area contributed by atoms with Gasteiger partial charge in [-0.25, -0.2) is 15.0 Å². The maximum Gasteiger partial charge on any atom is 0.182 e. The van der Waals surface area contributed by atoms with E-state index in [1.807, 2.05) is 6.92 Å². The van der Waals surface area contributed by atoms with Gasteiger partial charge in [-0.2, -0.15) is 0 Å². The molecule has 2 N–H and O–H groups in total. The number of aromatic amines is 1. The fraction of sp³-hybridized carbons (Fsp3) is 0.211. The molecule has 0 saturated heterocycles. The van der Waals surface area contributed by atoms with E-state index in [1.165, 1.54) is 23.2 Å². The number of allylic oxidation sites excluding steroid dienone is 1. The molecule has 0 spiro atoms. The monoisotopic (exact) mass is 332 g/mol. The first-order chi connectivity index (χ1) is 12.3. The lowest BCUT2D eigenvalue weighted by molar-refractivity contribution is 0.430. The third kappa shape index (κ3) is 2.87. The molecular weight excluding hydrogens is 312 g/mol. The number of nitrogens with one attached hydrogen (secondary N) is 2. The third-order valence-corrected chi connectivity index (χ3v) is 4.38. The van der Waals surface area contributed by atoms with Crippen molar-refractivity contribution in [3.8, 4) is 0 Å². The summed E-state index contributed by atoms with van der Waals surface area (Å²) in [6, 6.07) is 8.58. The van der Waals surface area contributed by atoms with Gasteiger partial charge in [-0.15, -0.1) is 0 Å². The van der Waals surface area contributed by atoms with Gasteiger partial charge in [-0.1, -0.05) is 30.3 Å². The summed E-state index contributed by atoms with van der Waals surface area (Å²) in [7, 11) is 0. The van der Waals surface area contributed by atoms with Gasteiger partial charge in [-0.05, 0) is 37.3 Å². The minimum absolute atomic E-state index is 0.0750. The number of fused-ring (bicyclic) bond motifs is 2. The number of imidazole rings is 1. The highest BCUT2D eigenvalue weighted by molar-refractivity contribution is 5.82. The fourth-order valence-corrected chi connectivity index (χ4v) is 3.18. The highest BCUT2D eigenvalue weighted by atomic mass is 15.2. The molecule has 0 fully saturated rings. The van der Waals surface area contributed by atoms with Crippen LogP contribution in [-0.2, 0) is 6.54 Å². The van der Waals surface area contributed by atoms with E-state index in [0.717, 1.165) is 17.9 Å². The van der Waals surface area contributed by atoms with Crippen LogP contribution in [0, 0.1) is 0 Å². The van der Waals surface area contributed by atoms with Crippen LogP contribution < -0.4 is 5.32 Å². The summed E-state index contributed by atoms with van der Waals surface area (Å²) in [4.78, 5) is 18.1. The first kappa shape index (κ1) is 15.4. The molecule has 0 saturated carbocycles. The summed E-state index contributed by atoms with van der Waals surface area (Å²) < 4.78 is 0. The molecule has 1 aliphatic rings. The Morgan fingerprint density at radius 3 is 3.00 bits per heavy atom. The number of rotatable bonds is 4. The van der Waals surface area contributed by atoms with Crippen LogP contribution in [0.3, 0.4) is 0 Å². The first-order valence-corrected chi connectivity index (χ1v) is 8.36. The zero-order valence-electron chi connectivity index (χ0n) is 14.3. The zero-order chi connectivity index (χ0) is 17.2. The van der Waals surface area contributed by atoms with Crippen molar-refractivity contribution in [2.45, 2.75) is 26.4 Å². The van der Waals surface area contributed by atoms with Gasteiger partial charge in [0.2, 0.25) is 0 Å². The number of H-pyrrole nitrogens is 1. The lowest BCUT2D eigenvalue weighted by Crippen LogP contribution is -2.31. The minimum Gasteiger partial charge on any atom is -0.360 e. The van der Waals surface area contributed by atoms with Gasteiger partial charge < -0.3 is 15.2 Å². The lowest BCUT2D eigenvalue weighted by Gasteiger charge is -2.33. The number of hydrogen-bond acceptors (Lipinski definition) is 5. The van der Waals surface area contributed by atoms with Gasteiger partial charge >= 0.3 is 0 Å². The van der Waals surface area contributed by atoms with E-state index in [4.69, 9.17) is 0 Å². The molecule has 0 radical (unpaired) electrons. The molecule has 3 aromatic rings. The molecule has 0 aliphatic carbocycles. The van der Waals surface area contributed by atoms with E-state index in [0.29, 0.717) is 5.65 Å². The van der Waals surface area contributed by atoms with Crippen molar-refractivity contribution in [2.24, 2.45) is 0 Å². The summed E-state index contributed by atoms with van der Waals surface area (Å²) >= 11 is 0. The van der Waals surface area contributed by atoms with E-state index >= 15 is 0 Å². The Morgan fingerprint density at radius 2 is 2.12 bits per heavy atom. The summed E-state index contributed by atoms with van der Waals surface area (Å²) in [5, 5.41) is 3.49. The predicted octanol–water partition coefficient (Wildman–Crippen LogP) is 3.54. The molecule has 0 amide bonds. The van der Waals surface area contributed by atoms with Crippen LogP contribution in [0.1, 0.15) is 25.0 Å². The molecule has 3 heterocycles. The Labute approximate surface area is 146 Å². The normalized spacial score (nSPS) is 15.3. The summed E-state index contributed by atoms with van der Waals surface area (Å²) in [5.74, 6) is 0.759. The van der Waals surface area contributed by atoms with Gasteiger partial charge in [0.25, 0.3) is 0 Å². The summed E-state index contributed by atoms with van der Waals surface area (Å²) in [5.41, 5.74) is 5.28. The molecule has 1 aromatic carbocycles. The minimum atomic E-state index is 0.0750. The van der Waals surface area contributed by atoms with E-state index in [9.17, 15) is 0 Å². The summed E-state index contributed by atoms with van der Waals surface area (Å²) in [6.45, 7) is 5.04. The molecule has 0 bridgehead atoms. The number of hydrogen-bond donors (Lipinski definition) is 2. The van der Waals surface area contributed by atoms with E-state index in [2.05, 4.69) is 79.7 Å². The predicted molar refractivity (Wildman–Crippen MR) is 99.5 cm³/mol. The molecule has 6 nitrogen and oxygen atoms in total. The Balaban J connectivity index is 1.68. The second-order valence-corrected chi connectivity index (χ2v) is 6.07. The number of anilines is 1. The Morgan fingerprint density at radius 1 is 1.24 bits per heavy atom. The Bertz CT molecular complexity index is 955. The van der Waals surface area contributed by atoms with Crippen molar-refractivity contribution >= 4 is 23.1 Å². The highest BCUT2D eigenvalue weighted by Crippen LogP contribution is 2.28. The molecule has 1 aliphatic heterocycles. The number of aromatic nitrogens is 4. The second kappa shape index (κ2) is 6.39. The fourth-order valence-electron chi connectivity index (χ4n) is 3.18. The van der Waals surface area contributed by atoms with Crippen LogP contribution in [0.5, 0.6) is 0 Å². The van der Waals surface area contributed by atoms with E-state index in [-0.39, 0.29) is 6.04 Å². The highest BCUT2D eigenvalue weighted by Gasteiger charge is 2.21.